The summed E-state index contributed by atoms with van der Waals surface area (Å²) in [4.78, 5) is 6.82. The zero-order valence-electron chi connectivity index (χ0n) is 9.34. The normalized spacial score (nSPS) is 11.6. The maximum absolute atomic E-state index is 12.5. The number of nitrogens with one attached hydrogen (secondary N) is 1. The summed E-state index contributed by atoms with van der Waals surface area (Å²) < 4.78 is 42.3. The molecule has 0 fully saturated rings. The van der Waals surface area contributed by atoms with Gasteiger partial charge in [0.15, 0.2) is 0 Å². The van der Waals surface area contributed by atoms with E-state index < -0.39 is 12.0 Å². The Morgan fingerprint density at radius 2 is 2.12 bits per heavy atom. The molecular formula is C9H12F3N3OS. The lowest BCUT2D eigenvalue weighted by Crippen LogP contribution is -2.13. The molecule has 0 bridgehead atoms. The molecule has 0 aliphatic carbocycles. The second-order valence-electron chi connectivity index (χ2n) is 3.00. The Balaban J connectivity index is 2.89. The van der Waals surface area contributed by atoms with Gasteiger partial charge in [-0.3, -0.25) is 0 Å². The second kappa shape index (κ2) is 6.06. The number of hydrogen-bond acceptors (Lipinski definition) is 5. The molecule has 0 saturated carbocycles. The number of halogens is 3. The fourth-order valence-electron chi connectivity index (χ4n) is 0.983. The summed E-state index contributed by atoms with van der Waals surface area (Å²) in [5, 5.41) is 2.85. The number of alkyl halides is 3. The second-order valence-corrected chi connectivity index (χ2v) is 4.12. The van der Waals surface area contributed by atoms with E-state index in [1.54, 1.807) is 0 Å². The third-order valence-electron chi connectivity index (χ3n) is 1.75. The zero-order valence-corrected chi connectivity index (χ0v) is 10.2. The van der Waals surface area contributed by atoms with Crippen LogP contribution in [-0.4, -0.2) is 36.5 Å². The Labute approximate surface area is 101 Å². The van der Waals surface area contributed by atoms with Crippen molar-refractivity contribution in [1.29, 1.82) is 0 Å². The molecule has 0 unspecified atom stereocenters. The van der Waals surface area contributed by atoms with Gasteiger partial charge < -0.3 is 10.1 Å². The summed E-state index contributed by atoms with van der Waals surface area (Å²) in [6.07, 6.45) is -4.54. The smallest absolute Gasteiger partial charge is 0.384 e. The predicted octanol–water partition coefficient (Wildman–Crippen LogP) is 2.28. The van der Waals surface area contributed by atoms with Crippen LogP contribution in [0, 0.1) is 0 Å². The molecule has 1 rings (SSSR count). The highest BCUT2D eigenvalue weighted by atomic mass is 32.2. The Morgan fingerprint density at radius 3 is 2.65 bits per heavy atom. The molecule has 0 radical (unpaired) electrons. The predicted molar refractivity (Wildman–Crippen MR) is 59.2 cm³/mol. The first-order valence-electron chi connectivity index (χ1n) is 4.73. The average Bonchev–Trinajstić information content (AvgIpc) is 2.28. The molecule has 0 aliphatic rings. The minimum atomic E-state index is -4.54. The largest absolute Gasteiger partial charge is 0.451 e. The van der Waals surface area contributed by atoms with Gasteiger partial charge in [0.1, 0.15) is 10.8 Å². The molecule has 1 aromatic rings. The van der Waals surface area contributed by atoms with Crippen LogP contribution in [0.2, 0.25) is 0 Å². The highest BCUT2D eigenvalue weighted by Gasteiger charge is 2.35. The fraction of sp³-hybridized carbons (Fsp3) is 0.556. The topological polar surface area (TPSA) is 47.0 Å². The molecule has 1 heterocycles. The standard InChI is InChI=1S/C9H12F3N3OS/c1-13-6-5-7(17-4-3-16-2)15-8(14-6)9(10,11)12/h5H,3-4H2,1-2H3,(H,13,14,15). The van der Waals surface area contributed by atoms with Crippen molar-refractivity contribution >= 4 is 17.6 Å². The summed E-state index contributed by atoms with van der Waals surface area (Å²) in [5.74, 6) is -0.454. The number of aromatic nitrogens is 2. The van der Waals surface area contributed by atoms with Crippen LogP contribution < -0.4 is 5.32 Å². The van der Waals surface area contributed by atoms with E-state index in [9.17, 15) is 13.2 Å². The molecule has 0 saturated heterocycles. The van der Waals surface area contributed by atoms with Gasteiger partial charge in [-0.25, -0.2) is 9.97 Å². The number of methoxy groups -OCH3 is 1. The molecule has 0 spiro atoms. The van der Waals surface area contributed by atoms with E-state index in [2.05, 4.69) is 15.3 Å². The first-order valence-corrected chi connectivity index (χ1v) is 5.71. The molecule has 8 heteroatoms. The van der Waals surface area contributed by atoms with Crippen LogP contribution in [0.5, 0.6) is 0 Å². The van der Waals surface area contributed by atoms with Crippen molar-refractivity contribution in [3.63, 3.8) is 0 Å². The minimum Gasteiger partial charge on any atom is -0.384 e. The van der Waals surface area contributed by atoms with Gasteiger partial charge in [0.05, 0.1) is 6.61 Å². The molecule has 0 amide bonds. The summed E-state index contributed by atoms with van der Waals surface area (Å²) >= 11 is 1.19. The lowest BCUT2D eigenvalue weighted by molar-refractivity contribution is -0.145. The van der Waals surface area contributed by atoms with Crippen molar-refractivity contribution in [1.82, 2.24) is 9.97 Å². The summed E-state index contributed by atoms with van der Waals surface area (Å²) in [6.45, 7) is 0.449. The van der Waals surface area contributed by atoms with Gasteiger partial charge in [0.2, 0.25) is 5.82 Å². The van der Waals surface area contributed by atoms with Gasteiger partial charge in [-0.2, -0.15) is 13.2 Å². The molecule has 0 atom stereocenters. The minimum absolute atomic E-state index is 0.146. The highest BCUT2D eigenvalue weighted by Crippen LogP contribution is 2.29. The number of anilines is 1. The first-order chi connectivity index (χ1) is 7.97. The third kappa shape index (κ3) is 4.39. The first kappa shape index (κ1) is 14.0. The van der Waals surface area contributed by atoms with Crippen LogP contribution in [-0.2, 0) is 10.9 Å². The monoisotopic (exact) mass is 267 g/mol. The van der Waals surface area contributed by atoms with Gasteiger partial charge in [0.25, 0.3) is 0 Å². The number of ether oxygens (including phenoxy) is 1. The van der Waals surface area contributed by atoms with Crippen molar-refractivity contribution in [2.75, 3.05) is 31.8 Å². The molecule has 1 N–H and O–H groups in total. The lowest BCUT2D eigenvalue weighted by atomic mass is 10.5. The van der Waals surface area contributed by atoms with Crippen molar-refractivity contribution in [2.24, 2.45) is 0 Å². The van der Waals surface area contributed by atoms with E-state index in [-0.39, 0.29) is 10.8 Å². The summed E-state index contributed by atoms with van der Waals surface area (Å²) in [7, 11) is 3.03. The van der Waals surface area contributed by atoms with Crippen LogP contribution in [0.25, 0.3) is 0 Å². The van der Waals surface area contributed by atoms with Gasteiger partial charge >= 0.3 is 6.18 Å². The van der Waals surface area contributed by atoms with Crippen molar-refractivity contribution < 1.29 is 17.9 Å². The van der Waals surface area contributed by atoms with Crippen molar-refractivity contribution in [3.8, 4) is 0 Å². The van der Waals surface area contributed by atoms with Gasteiger partial charge in [-0.05, 0) is 0 Å². The van der Waals surface area contributed by atoms with E-state index >= 15 is 0 Å². The molecule has 0 aliphatic heterocycles. The molecule has 1 aromatic heterocycles. The lowest BCUT2D eigenvalue weighted by Gasteiger charge is -2.09. The SMILES string of the molecule is CNc1cc(SCCOC)nc(C(F)(F)F)n1. The quantitative estimate of drug-likeness (QED) is 0.504. The Kier molecular flexibility index (Phi) is 5.01. The van der Waals surface area contributed by atoms with Crippen LogP contribution in [0.3, 0.4) is 0 Å². The van der Waals surface area contributed by atoms with E-state index in [1.165, 1.54) is 32.0 Å². The third-order valence-corrected chi connectivity index (χ3v) is 2.63. The Bertz CT molecular complexity index is 373. The van der Waals surface area contributed by atoms with Gasteiger partial charge in [0, 0.05) is 26.0 Å². The molecule has 17 heavy (non-hydrogen) atoms. The Morgan fingerprint density at radius 1 is 1.41 bits per heavy atom. The van der Waals surface area contributed by atoms with Crippen LogP contribution in [0.15, 0.2) is 11.1 Å². The molecule has 96 valence electrons. The van der Waals surface area contributed by atoms with E-state index in [0.717, 1.165) is 0 Å². The summed E-state index contributed by atoms with van der Waals surface area (Å²) in [5.41, 5.74) is 0. The van der Waals surface area contributed by atoms with Crippen molar-refractivity contribution in [3.05, 3.63) is 11.9 Å². The molecule has 4 nitrogen and oxygen atoms in total. The molecular weight excluding hydrogens is 255 g/mol. The number of thioether (sulfide) groups is 1. The van der Waals surface area contributed by atoms with E-state index in [0.29, 0.717) is 12.4 Å². The number of nitrogens with zero attached hydrogens (tertiary/aromatic N) is 2. The Hall–Kier alpha value is -1.02. The highest BCUT2D eigenvalue weighted by molar-refractivity contribution is 7.99. The van der Waals surface area contributed by atoms with Gasteiger partial charge in [-0.1, -0.05) is 0 Å². The molecule has 0 aromatic carbocycles. The van der Waals surface area contributed by atoms with E-state index in [4.69, 9.17) is 4.74 Å². The number of hydrogen-bond donors (Lipinski definition) is 1. The van der Waals surface area contributed by atoms with Crippen LogP contribution >= 0.6 is 11.8 Å². The zero-order chi connectivity index (χ0) is 12.9. The van der Waals surface area contributed by atoms with Crippen molar-refractivity contribution in [2.45, 2.75) is 11.2 Å². The van der Waals surface area contributed by atoms with Crippen LogP contribution in [0.4, 0.5) is 19.0 Å². The number of rotatable bonds is 5. The fourth-order valence-corrected chi connectivity index (χ4v) is 1.79. The average molecular weight is 267 g/mol. The van der Waals surface area contributed by atoms with Crippen LogP contribution in [0.1, 0.15) is 5.82 Å². The van der Waals surface area contributed by atoms with E-state index in [1.807, 2.05) is 0 Å². The maximum atomic E-state index is 12.5. The van der Waals surface area contributed by atoms with Gasteiger partial charge in [-0.15, -0.1) is 11.8 Å². The summed E-state index contributed by atoms with van der Waals surface area (Å²) in [6, 6.07) is 1.47. The maximum Gasteiger partial charge on any atom is 0.451 e.